The van der Waals surface area contributed by atoms with Crippen molar-refractivity contribution in [2.45, 2.75) is 46.1 Å². The number of ketones is 1. The highest BCUT2D eigenvalue weighted by molar-refractivity contribution is 6.46. The van der Waals surface area contributed by atoms with Crippen molar-refractivity contribution in [3.63, 3.8) is 0 Å². The van der Waals surface area contributed by atoms with Crippen LogP contribution in [0.25, 0.3) is 5.76 Å². The van der Waals surface area contributed by atoms with E-state index < -0.39 is 17.7 Å². The van der Waals surface area contributed by atoms with Crippen LogP contribution in [0.3, 0.4) is 0 Å². The molecule has 1 aliphatic heterocycles. The first-order valence-electron chi connectivity index (χ1n) is 11.7. The van der Waals surface area contributed by atoms with E-state index in [9.17, 15) is 14.7 Å². The van der Waals surface area contributed by atoms with Crippen molar-refractivity contribution in [1.82, 2.24) is 9.80 Å². The number of rotatable bonds is 8. The predicted molar refractivity (Wildman–Crippen MR) is 135 cm³/mol. The lowest BCUT2D eigenvalue weighted by Crippen LogP contribution is -2.32. The second-order valence-corrected chi connectivity index (χ2v) is 9.63. The molecular formula is C28H36N2O4. The van der Waals surface area contributed by atoms with Gasteiger partial charge in [-0.3, -0.25) is 9.59 Å². The van der Waals surface area contributed by atoms with Gasteiger partial charge in [-0.05, 0) is 75.6 Å². The quantitative estimate of drug-likeness (QED) is 0.345. The molecule has 0 aliphatic carbocycles. The van der Waals surface area contributed by atoms with E-state index in [1.54, 1.807) is 12.0 Å². The van der Waals surface area contributed by atoms with Crippen molar-refractivity contribution < 1.29 is 19.4 Å². The van der Waals surface area contributed by atoms with Gasteiger partial charge < -0.3 is 19.6 Å². The molecule has 182 valence electrons. The number of carbonyl (C=O) groups is 2. The Morgan fingerprint density at radius 3 is 2.44 bits per heavy atom. The second kappa shape index (κ2) is 10.4. The highest BCUT2D eigenvalue weighted by Crippen LogP contribution is 2.41. The van der Waals surface area contributed by atoms with Gasteiger partial charge in [0.2, 0.25) is 0 Å². The zero-order chi connectivity index (χ0) is 25.2. The molecule has 0 aromatic heterocycles. The summed E-state index contributed by atoms with van der Waals surface area (Å²) in [5, 5.41) is 11.5. The third-order valence-corrected chi connectivity index (χ3v) is 6.36. The van der Waals surface area contributed by atoms with Crippen molar-refractivity contribution in [2.75, 3.05) is 34.3 Å². The molecule has 1 N–H and O–H groups in total. The Balaban J connectivity index is 2.20. The number of hydrogen-bond acceptors (Lipinski definition) is 5. The minimum Gasteiger partial charge on any atom is -0.507 e. The van der Waals surface area contributed by atoms with Crippen LogP contribution in [0.1, 0.15) is 60.0 Å². The average molecular weight is 465 g/mol. The van der Waals surface area contributed by atoms with Gasteiger partial charge in [0.05, 0.1) is 18.7 Å². The fourth-order valence-electron chi connectivity index (χ4n) is 4.58. The minimum absolute atomic E-state index is 0.137. The van der Waals surface area contributed by atoms with Gasteiger partial charge in [-0.2, -0.15) is 0 Å². The summed E-state index contributed by atoms with van der Waals surface area (Å²) in [5.74, 6) is -0.453. The molecule has 1 amide bonds. The lowest BCUT2D eigenvalue weighted by molar-refractivity contribution is -0.139. The smallest absolute Gasteiger partial charge is 0.295 e. The molecule has 0 radical (unpaired) electrons. The third-order valence-electron chi connectivity index (χ3n) is 6.36. The first kappa shape index (κ1) is 25.5. The summed E-state index contributed by atoms with van der Waals surface area (Å²) in [6.07, 6.45) is 0.724. The molecule has 1 heterocycles. The van der Waals surface area contributed by atoms with E-state index in [1.807, 2.05) is 83.1 Å². The Bertz CT molecular complexity index is 1120. The van der Waals surface area contributed by atoms with Crippen LogP contribution in [0.2, 0.25) is 0 Å². The first-order valence-corrected chi connectivity index (χ1v) is 11.7. The van der Waals surface area contributed by atoms with Gasteiger partial charge in [-0.25, -0.2) is 0 Å². The summed E-state index contributed by atoms with van der Waals surface area (Å²) in [7, 11) is 5.58. The number of aliphatic hydroxyl groups excluding tert-OH is 1. The Morgan fingerprint density at radius 1 is 1.15 bits per heavy atom. The van der Waals surface area contributed by atoms with Crippen LogP contribution >= 0.6 is 0 Å². The normalized spacial score (nSPS) is 17.8. The van der Waals surface area contributed by atoms with Crippen LogP contribution < -0.4 is 4.74 Å². The Hall–Kier alpha value is -3.12. The molecule has 1 saturated heterocycles. The maximum absolute atomic E-state index is 13.3. The molecule has 6 nitrogen and oxygen atoms in total. The standard InChI is InChI=1S/C28H36N2O4/c1-17(2)21-16-22(19(4)15-23(21)34-7)26(31)24-25(20-11-8-10-18(3)14-20)30(28(33)27(24)32)13-9-12-29(5)6/h8,10-11,14-17,25,31H,9,12-13H2,1-7H3/b26-24+. The zero-order valence-electron chi connectivity index (χ0n) is 21.3. The fraction of sp³-hybridized carbons (Fsp3) is 0.429. The molecule has 0 bridgehead atoms. The molecular weight excluding hydrogens is 428 g/mol. The van der Waals surface area contributed by atoms with Crippen molar-refractivity contribution in [3.8, 4) is 5.75 Å². The molecule has 1 fully saturated rings. The van der Waals surface area contributed by atoms with Crippen LogP contribution in [0.5, 0.6) is 5.75 Å². The molecule has 2 aromatic rings. The Morgan fingerprint density at radius 2 is 1.85 bits per heavy atom. The lowest BCUT2D eigenvalue weighted by atomic mass is 9.90. The summed E-state index contributed by atoms with van der Waals surface area (Å²) in [6, 6.07) is 10.9. The monoisotopic (exact) mass is 464 g/mol. The van der Waals surface area contributed by atoms with Gasteiger partial charge >= 0.3 is 0 Å². The number of likely N-dealkylation sites (tertiary alicyclic amines) is 1. The van der Waals surface area contributed by atoms with Crippen LogP contribution in [-0.2, 0) is 9.59 Å². The topological polar surface area (TPSA) is 70.1 Å². The van der Waals surface area contributed by atoms with E-state index in [4.69, 9.17) is 4.74 Å². The Labute approximate surface area is 202 Å². The summed E-state index contributed by atoms with van der Waals surface area (Å²) in [5.41, 5.74) is 4.25. The number of amides is 1. The number of aryl methyl sites for hydroxylation is 2. The molecule has 1 atom stereocenters. The van der Waals surface area contributed by atoms with Crippen LogP contribution in [0.4, 0.5) is 0 Å². The summed E-state index contributed by atoms with van der Waals surface area (Å²) in [6.45, 7) is 9.16. The van der Waals surface area contributed by atoms with Crippen molar-refractivity contribution in [1.29, 1.82) is 0 Å². The molecule has 34 heavy (non-hydrogen) atoms. The number of aliphatic hydroxyl groups is 1. The van der Waals surface area contributed by atoms with E-state index in [0.717, 1.165) is 41.0 Å². The molecule has 1 unspecified atom stereocenters. The van der Waals surface area contributed by atoms with Crippen LogP contribution in [0.15, 0.2) is 42.0 Å². The highest BCUT2D eigenvalue weighted by Gasteiger charge is 2.46. The second-order valence-electron chi connectivity index (χ2n) is 9.63. The van der Waals surface area contributed by atoms with Gasteiger partial charge in [0.25, 0.3) is 11.7 Å². The lowest BCUT2D eigenvalue weighted by Gasteiger charge is -2.26. The molecule has 0 saturated carbocycles. The number of methoxy groups -OCH3 is 1. The fourth-order valence-corrected chi connectivity index (χ4v) is 4.58. The van der Waals surface area contributed by atoms with E-state index in [2.05, 4.69) is 0 Å². The summed E-state index contributed by atoms with van der Waals surface area (Å²) >= 11 is 0. The van der Waals surface area contributed by atoms with Crippen molar-refractivity contribution >= 4 is 17.4 Å². The number of carbonyl (C=O) groups excluding carboxylic acids is 2. The molecule has 1 aliphatic rings. The molecule has 6 heteroatoms. The van der Waals surface area contributed by atoms with Crippen molar-refractivity contribution in [2.24, 2.45) is 0 Å². The summed E-state index contributed by atoms with van der Waals surface area (Å²) in [4.78, 5) is 30.1. The molecule has 0 spiro atoms. The van der Waals surface area contributed by atoms with Gasteiger partial charge in [0.1, 0.15) is 11.5 Å². The van der Waals surface area contributed by atoms with E-state index in [-0.39, 0.29) is 17.3 Å². The number of nitrogens with zero attached hydrogens (tertiary/aromatic N) is 2. The largest absolute Gasteiger partial charge is 0.507 e. The van der Waals surface area contributed by atoms with Gasteiger partial charge in [0, 0.05) is 12.1 Å². The van der Waals surface area contributed by atoms with Gasteiger partial charge in [-0.15, -0.1) is 0 Å². The van der Waals surface area contributed by atoms with E-state index >= 15 is 0 Å². The number of benzene rings is 2. The molecule has 2 aromatic carbocycles. The van der Waals surface area contributed by atoms with E-state index in [1.165, 1.54) is 0 Å². The number of ether oxygens (including phenoxy) is 1. The average Bonchev–Trinajstić information content (AvgIpc) is 3.03. The summed E-state index contributed by atoms with van der Waals surface area (Å²) < 4.78 is 5.54. The molecule has 3 rings (SSSR count). The minimum atomic E-state index is -0.643. The zero-order valence-corrected chi connectivity index (χ0v) is 21.3. The highest BCUT2D eigenvalue weighted by atomic mass is 16.5. The third kappa shape index (κ3) is 5.02. The van der Waals surface area contributed by atoms with Crippen LogP contribution in [0, 0.1) is 13.8 Å². The van der Waals surface area contributed by atoms with Crippen LogP contribution in [-0.4, -0.2) is 60.9 Å². The SMILES string of the molecule is COc1cc(C)c(/C(O)=C2\C(=O)C(=O)N(CCCN(C)C)C2c2cccc(C)c2)cc1C(C)C. The maximum atomic E-state index is 13.3. The predicted octanol–water partition coefficient (Wildman–Crippen LogP) is 4.81. The van der Waals surface area contributed by atoms with Gasteiger partial charge in [-0.1, -0.05) is 43.7 Å². The first-order chi connectivity index (χ1) is 16.1. The van der Waals surface area contributed by atoms with E-state index in [0.29, 0.717) is 12.1 Å². The maximum Gasteiger partial charge on any atom is 0.295 e. The Kier molecular flexibility index (Phi) is 7.82. The number of Topliss-reactive ketones (excluding diaryl/α,β-unsaturated/α-hetero) is 1. The number of hydrogen-bond donors (Lipinski definition) is 1. The van der Waals surface area contributed by atoms with Gasteiger partial charge in [0.15, 0.2) is 0 Å². The van der Waals surface area contributed by atoms with Crippen molar-refractivity contribution in [3.05, 3.63) is 69.8 Å².